The van der Waals surface area contributed by atoms with Gasteiger partial charge in [-0.1, -0.05) is 18.2 Å². The number of hydrogen-bond donors (Lipinski definition) is 0. The number of carbonyl (C=O) groups is 2. The summed E-state index contributed by atoms with van der Waals surface area (Å²) in [4.78, 5) is 25.3. The van der Waals surface area contributed by atoms with E-state index in [0.29, 0.717) is 4.88 Å². The SMILES string of the molecule is CN(CC(=O)Oc1ccccc1F)C(=O)c1cccs1. The minimum absolute atomic E-state index is 0.144. The number of rotatable bonds is 4. The van der Waals surface area contributed by atoms with Crippen LogP contribution in [0.1, 0.15) is 9.67 Å². The van der Waals surface area contributed by atoms with Crippen LogP contribution in [0.25, 0.3) is 0 Å². The van der Waals surface area contributed by atoms with Crippen molar-refractivity contribution in [3.8, 4) is 5.75 Å². The van der Waals surface area contributed by atoms with Crippen molar-refractivity contribution in [2.24, 2.45) is 0 Å². The first-order valence-electron chi connectivity index (χ1n) is 5.82. The lowest BCUT2D eigenvalue weighted by Gasteiger charge is -2.15. The zero-order chi connectivity index (χ0) is 14.5. The third kappa shape index (κ3) is 3.42. The average Bonchev–Trinajstić information content (AvgIpc) is 2.94. The van der Waals surface area contributed by atoms with Crippen LogP contribution in [0.4, 0.5) is 4.39 Å². The van der Waals surface area contributed by atoms with Gasteiger partial charge in [-0.05, 0) is 23.6 Å². The summed E-state index contributed by atoms with van der Waals surface area (Å²) in [5.74, 6) is -1.73. The minimum atomic E-state index is -0.692. The number of esters is 1. The van der Waals surface area contributed by atoms with Crippen molar-refractivity contribution in [1.82, 2.24) is 4.90 Å². The molecule has 2 aromatic rings. The number of thiophene rings is 1. The van der Waals surface area contributed by atoms with E-state index in [2.05, 4.69) is 0 Å². The maximum Gasteiger partial charge on any atom is 0.331 e. The van der Waals surface area contributed by atoms with E-state index in [1.165, 1.54) is 41.5 Å². The third-order valence-electron chi connectivity index (χ3n) is 2.51. The molecule has 0 saturated carbocycles. The number of para-hydroxylation sites is 1. The normalized spacial score (nSPS) is 10.1. The van der Waals surface area contributed by atoms with E-state index in [4.69, 9.17) is 4.74 Å². The molecule has 104 valence electrons. The molecule has 6 heteroatoms. The lowest BCUT2D eigenvalue weighted by atomic mass is 10.3. The van der Waals surface area contributed by atoms with Crippen LogP contribution in [0, 0.1) is 5.82 Å². The Labute approximate surface area is 119 Å². The number of nitrogens with zero attached hydrogens (tertiary/aromatic N) is 1. The summed E-state index contributed by atoms with van der Waals surface area (Å²) >= 11 is 1.29. The summed E-state index contributed by atoms with van der Waals surface area (Å²) < 4.78 is 18.2. The fourth-order valence-electron chi connectivity index (χ4n) is 1.54. The van der Waals surface area contributed by atoms with Gasteiger partial charge in [0.05, 0.1) is 4.88 Å². The smallest absolute Gasteiger partial charge is 0.331 e. The molecular weight excluding hydrogens is 281 g/mol. The lowest BCUT2D eigenvalue weighted by Crippen LogP contribution is -2.33. The van der Waals surface area contributed by atoms with Crippen molar-refractivity contribution in [3.05, 3.63) is 52.5 Å². The molecule has 1 amide bonds. The van der Waals surface area contributed by atoms with Gasteiger partial charge in [-0.2, -0.15) is 0 Å². The topological polar surface area (TPSA) is 46.6 Å². The zero-order valence-corrected chi connectivity index (χ0v) is 11.5. The maximum absolute atomic E-state index is 13.3. The van der Waals surface area contributed by atoms with Crippen LogP contribution in [0.2, 0.25) is 0 Å². The standard InChI is InChI=1S/C14H12FNO3S/c1-16(14(18)12-7-4-8-20-12)9-13(17)19-11-6-3-2-5-10(11)15/h2-8H,9H2,1H3. The van der Waals surface area contributed by atoms with Crippen LogP contribution in [0.5, 0.6) is 5.75 Å². The van der Waals surface area contributed by atoms with Crippen molar-refractivity contribution in [2.45, 2.75) is 0 Å². The Bertz CT molecular complexity index is 613. The van der Waals surface area contributed by atoms with Gasteiger partial charge >= 0.3 is 5.97 Å². The van der Waals surface area contributed by atoms with Crippen molar-refractivity contribution >= 4 is 23.2 Å². The lowest BCUT2D eigenvalue weighted by molar-refractivity contribution is -0.135. The predicted molar refractivity (Wildman–Crippen MR) is 73.3 cm³/mol. The number of likely N-dealkylation sites (N-methyl/N-ethyl adjacent to an activating group) is 1. The zero-order valence-electron chi connectivity index (χ0n) is 10.7. The van der Waals surface area contributed by atoms with Gasteiger partial charge in [-0.15, -0.1) is 11.3 Å². The summed E-state index contributed by atoms with van der Waals surface area (Å²) in [7, 11) is 1.49. The fraction of sp³-hybridized carbons (Fsp3) is 0.143. The Morgan fingerprint density at radius 2 is 2.00 bits per heavy atom. The molecule has 1 aromatic carbocycles. The number of benzene rings is 1. The largest absolute Gasteiger partial charge is 0.422 e. The Balaban J connectivity index is 1.95. The van der Waals surface area contributed by atoms with E-state index in [9.17, 15) is 14.0 Å². The first-order chi connectivity index (χ1) is 9.58. The van der Waals surface area contributed by atoms with E-state index < -0.39 is 11.8 Å². The summed E-state index contributed by atoms with van der Waals surface area (Å²) in [5.41, 5.74) is 0. The molecule has 2 rings (SSSR count). The Morgan fingerprint density at radius 3 is 2.65 bits per heavy atom. The summed E-state index contributed by atoms with van der Waals surface area (Å²) in [6, 6.07) is 9.04. The first kappa shape index (κ1) is 14.2. The molecule has 0 radical (unpaired) electrons. The Kier molecular flexibility index (Phi) is 4.47. The van der Waals surface area contributed by atoms with Crippen molar-refractivity contribution < 1.29 is 18.7 Å². The van der Waals surface area contributed by atoms with Gasteiger partial charge in [-0.3, -0.25) is 4.79 Å². The van der Waals surface area contributed by atoms with Gasteiger partial charge in [0.2, 0.25) is 0 Å². The monoisotopic (exact) mass is 293 g/mol. The van der Waals surface area contributed by atoms with Crippen molar-refractivity contribution in [2.75, 3.05) is 13.6 Å². The molecule has 20 heavy (non-hydrogen) atoms. The molecule has 0 aliphatic heterocycles. The third-order valence-corrected chi connectivity index (χ3v) is 3.36. The molecule has 0 fully saturated rings. The second kappa shape index (κ2) is 6.29. The van der Waals surface area contributed by atoms with Gasteiger partial charge in [0.15, 0.2) is 11.6 Å². The van der Waals surface area contributed by atoms with Gasteiger partial charge in [0.1, 0.15) is 6.54 Å². The quantitative estimate of drug-likeness (QED) is 0.643. The molecule has 0 unspecified atom stereocenters. The molecule has 0 N–H and O–H groups in total. The van der Waals surface area contributed by atoms with Crippen LogP contribution in [-0.4, -0.2) is 30.4 Å². The van der Waals surface area contributed by atoms with E-state index >= 15 is 0 Å². The molecule has 0 aliphatic rings. The van der Waals surface area contributed by atoms with Crippen LogP contribution < -0.4 is 4.74 Å². The van der Waals surface area contributed by atoms with Gasteiger partial charge < -0.3 is 9.64 Å². The van der Waals surface area contributed by atoms with Gasteiger partial charge in [0, 0.05) is 7.05 Å². The molecule has 0 atom stereocenters. The van der Waals surface area contributed by atoms with Gasteiger partial charge in [0.25, 0.3) is 5.91 Å². The minimum Gasteiger partial charge on any atom is -0.422 e. The molecule has 0 aliphatic carbocycles. The van der Waals surface area contributed by atoms with Gasteiger partial charge in [-0.25, -0.2) is 9.18 Å². The van der Waals surface area contributed by atoms with Crippen LogP contribution >= 0.6 is 11.3 Å². The van der Waals surface area contributed by atoms with Crippen LogP contribution in [0.3, 0.4) is 0 Å². The van der Waals surface area contributed by atoms with E-state index in [1.807, 2.05) is 0 Å². The highest BCUT2D eigenvalue weighted by molar-refractivity contribution is 7.12. The number of halogens is 1. The highest BCUT2D eigenvalue weighted by Gasteiger charge is 2.17. The highest BCUT2D eigenvalue weighted by atomic mass is 32.1. The molecule has 1 heterocycles. The second-order valence-corrected chi connectivity index (χ2v) is 4.99. The maximum atomic E-state index is 13.3. The molecule has 4 nitrogen and oxygen atoms in total. The molecular formula is C14H12FNO3S. The summed E-state index contributed by atoms with van der Waals surface area (Å²) in [6.07, 6.45) is 0. The van der Waals surface area contributed by atoms with Crippen LogP contribution in [-0.2, 0) is 4.79 Å². The molecule has 0 bridgehead atoms. The van der Waals surface area contributed by atoms with Crippen molar-refractivity contribution in [1.29, 1.82) is 0 Å². The molecule has 1 aromatic heterocycles. The van der Waals surface area contributed by atoms with Crippen molar-refractivity contribution in [3.63, 3.8) is 0 Å². The molecule has 0 spiro atoms. The van der Waals surface area contributed by atoms with Crippen LogP contribution in [0.15, 0.2) is 41.8 Å². The Morgan fingerprint density at radius 1 is 1.25 bits per heavy atom. The number of hydrogen-bond acceptors (Lipinski definition) is 4. The number of carbonyl (C=O) groups excluding carboxylic acids is 2. The highest BCUT2D eigenvalue weighted by Crippen LogP contribution is 2.16. The summed E-state index contributed by atoms with van der Waals surface area (Å²) in [6.45, 7) is -0.245. The summed E-state index contributed by atoms with van der Waals surface area (Å²) in [5, 5.41) is 1.78. The molecule has 0 saturated heterocycles. The predicted octanol–water partition coefficient (Wildman–Crippen LogP) is 2.56. The second-order valence-electron chi connectivity index (χ2n) is 4.04. The fourth-order valence-corrected chi connectivity index (χ4v) is 2.25. The van der Waals surface area contributed by atoms with E-state index in [1.54, 1.807) is 23.6 Å². The van der Waals surface area contributed by atoms with E-state index in [-0.39, 0.29) is 18.2 Å². The first-order valence-corrected chi connectivity index (χ1v) is 6.70. The van der Waals surface area contributed by atoms with E-state index in [0.717, 1.165) is 0 Å². The number of amides is 1. The Hall–Kier alpha value is -2.21. The number of ether oxygens (including phenoxy) is 1. The average molecular weight is 293 g/mol.